The van der Waals surface area contributed by atoms with Gasteiger partial charge in [-0.2, -0.15) is 0 Å². The van der Waals surface area contributed by atoms with Crippen molar-refractivity contribution in [2.45, 2.75) is 0 Å². The molecule has 134 valence electrons. The van der Waals surface area contributed by atoms with Crippen LogP contribution in [0.2, 0.25) is 0 Å². The molecule has 5 nitrogen and oxygen atoms in total. The van der Waals surface area contributed by atoms with Gasteiger partial charge in [-0.15, -0.1) is 11.3 Å². The Morgan fingerprint density at radius 2 is 2.00 bits per heavy atom. The van der Waals surface area contributed by atoms with Crippen LogP contribution in [0.25, 0.3) is 10.4 Å². The molecule has 0 atom stereocenters. The number of benzene rings is 1. The van der Waals surface area contributed by atoms with Crippen LogP contribution < -0.4 is 10.1 Å². The molecule has 26 heavy (non-hydrogen) atoms. The fourth-order valence-corrected chi connectivity index (χ4v) is 3.20. The van der Waals surface area contributed by atoms with Gasteiger partial charge in [0.2, 0.25) is 5.88 Å². The maximum Gasteiger partial charge on any atom is 0.265 e. The summed E-state index contributed by atoms with van der Waals surface area (Å²) in [5.74, 6) is -0.298. The predicted molar refractivity (Wildman–Crippen MR) is 99.3 cm³/mol. The van der Waals surface area contributed by atoms with Gasteiger partial charge in [0.15, 0.2) is 0 Å². The first kappa shape index (κ1) is 18.0. The Balaban J connectivity index is 1.74. The summed E-state index contributed by atoms with van der Waals surface area (Å²) in [6, 6.07) is 13.3. The number of aromatic nitrogens is 1. The summed E-state index contributed by atoms with van der Waals surface area (Å²) >= 11 is 1.22. The van der Waals surface area contributed by atoms with E-state index in [2.05, 4.69) is 10.3 Å². The lowest BCUT2D eigenvalue weighted by molar-refractivity contribution is 0.102. The van der Waals surface area contributed by atoms with E-state index in [0.717, 1.165) is 0 Å². The minimum Gasteiger partial charge on any atom is -0.474 e. The van der Waals surface area contributed by atoms with Gasteiger partial charge >= 0.3 is 0 Å². The van der Waals surface area contributed by atoms with Gasteiger partial charge in [-0.25, -0.2) is 9.37 Å². The van der Waals surface area contributed by atoms with Crippen molar-refractivity contribution in [2.24, 2.45) is 0 Å². The first-order valence-corrected chi connectivity index (χ1v) is 8.73. The van der Waals surface area contributed by atoms with Crippen LogP contribution in [-0.2, 0) is 4.74 Å². The predicted octanol–water partition coefficient (Wildman–Crippen LogP) is 4.23. The maximum atomic E-state index is 13.9. The largest absolute Gasteiger partial charge is 0.474 e. The smallest absolute Gasteiger partial charge is 0.265 e. The molecule has 0 aliphatic rings. The molecule has 0 aliphatic carbocycles. The molecular formula is C19H17FN2O3S. The number of carbonyl (C=O) groups excluding carboxylic acids is 1. The van der Waals surface area contributed by atoms with E-state index in [1.54, 1.807) is 55.8 Å². The van der Waals surface area contributed by atoms with Crippen LogP contribution in [0.15, 0.2) is 54.7 Å². The number of carbonyl (C=O) groups is 1. The summed E-state index contributed by atoms with van der Waals surface area (Å²) in [5.41, 5.74) is 0.941. The molecule has 3 aromatic rings. The zero-order valence-electron chi connectivity index (χ0n) is 14.1. The monoisotopic (exact) mass is 372 g/mol. The Hall–Kier alpha value is -2.77. The molecule has 0 bridgehead atoms. The number of thiophene rings is 1. The lowest BCUT2D eigenvalue weighted by atomic mass is 10.2. The topological polar surface area (TPSA) is 60.5 Å². The van der Waals surface area contributed by atoms with Crippen LogP contribution in [0.3, 0.4) is 0 Å². The van der Waals surface area contributed by atoms with E-state index >= 15 is 0 Å². The number of rotatable bonds is 7. The maximum absolute atomic E-state index is 13.9. The second kappa shape index (κ2) is 8.55. The summed E-state index contributed by atoms with van der Waals surface area (Å²) in [6.45, 7) is 0.744. The van der Waals surface area contributed by atoms with E-state index in [1.165, 1.54) is 17.4 Å². The number of amides is 1. The number of pyridine rings is 1. The third-order valence-electron chi connectivity index (χ3n) is 3.51. The fourth-order valence-electron chi connectivity index (χ4n) is 2.27. The number of hydrogen-bond donors (Lipinski definition) is 1. The van der Waals surface area contributed by atoms with Crippen molar-refractivity contribution < 1.29 is 18.7 Å². The van der Waals surface area contributed by atoms with E-state index < -0.39 is 0 Å². The van der Waals surface area contributed by atoms with Crippen LogP contribution in [0.4, 0.5) is 10.1 Å². The molecule has 0 aliphatic heterocycles. The quantitative estimate of drug-likeness (QED) is 0.631. The highest BCUT2D eigenvalue weighted by Gasteiger charge is 2.15. The Bertz CT molecular complexity index is 898. The summed E-state index contributed by atoms with van der Waals surface area (Å²) in [5, 5.41) is 2.78. The van der Waals surface area contributed by atoms with Crippen molar-refractivity contribution in [3.63, 3.8) is 0 Å². The first-order valence-electron chi connectivity index (χ1n) is 7.92. The van der Waals surface area contributed by atoms with Gasteiger partial charge in [0.05, 0.1) is 11.5 Å². The fraction of sp³-hybridized carbons (Fsp3) is 0.158. The van der Waals surface area contributed by atoms with Gasteiger partial charge in [0.25, 0.3) is 5.91 Å². The van der Waals surface area contributed by atoms with Crippen molar-refractivity contribution in [1.29, 1.82) is 0 Å². The van der Waals surface area contributed by atoms with E-state index in [4.69, 9.17) is 9.47 Å². The molecule has 1 aromatic carbocycles. The number of nitrogens with one attached hydrogen (secondary N) is 1. The Labute approximate surface area is 154 Å². The van der Waals surface area contributed by atoms with Crippen LogP contribution in [0.5, 0.6) is 5.88 Å². The SMILES string of the molecule is COCCOc1ncccc1NC(=O)c1ccc(-c2ccccc2F)s1. The number of ether oxygens (including phenoxy) is 2. The molecule has 1 N–H and O–H groups in total. The average molecular weight is 372 g/mol. The number of anilines is 1. The molecule has 2 aromatic heterocycles. The van der Waals surface area contributed by atoms with Crippen molar-refractivity contribution >= 4 is 22.9 Å². The minimum atomic E-state index is -0.317. The zero-order chi connectivity index (χ0) is 18.4. The molecule has 7 heteroatoms. The average Bonchev–Trinajstić information content (AvgIpc) is 3.14. The van der Waals surface area contributed by atoms with Gasteiger partial charge in [0.1, 0.15) is 18.1 Å². The number of hydrogen-bond acceptors (Lipinski definition) is 5. The van der Waals surface area contributed by atoms with Gasteiger partial charge < -0.3 is 14.8 Å². The summed E-state index contributed by atoms with van der Waals surface area (Å²) in [7, 11) is 1.58. The number of halogens is 1. The number of methoxy groups -OCH3 is 1. The van der Waals surface area contributed by atoms with Crippen molar-refractivity contribution in [1.82, 2.24) is 4.98 Å². The Morgan fingerprint density at radius 3 is 2.81 bits per heavy atom. The van der Waals surface area contributed by atoms with Gasteiger partial charge in [0, 0.05) is 23.7 Å². The second-order valence-corrected chi connectivity index (χ2v) is 6.38. The van der Waals surface area contributed by atoms with Crippen molar-refractivity contribution in [3.05, 3.63) is 65.4 Å². The Morgan fingerprint density at radius 1 is 1.15 bits per heavy atom. The zero-order valence-corrected chi connectivity index (χ0v) is 14.9. The summed E-state index contributed by atoms with van der Waals surface area (Å²) < 4.78 is 24.4. The van der Waals surface area contributed by atoms with Gasteiger partial charge in [-0.05, 0) is 30.3 Å². The van der Waals surface area contributed by atoms with E-state index in [9.17, 15) is 9.18 Å². The number of nitrogens with zero attached hydrogens (tertiary/aromatic N) is 1. The standard InChI is InChI=1S/C19H17FN2O3S/c1-24-11-12-25-19-15(7-4-10-21-19)22-18(23)17-9-8-16(26-17)13-5-2-3-6-14(13)20/h2-10H,11-12H2,1H3,(H,22,23). The molecule has 0 fully saturated rings. The lowest BCUT2D eigenvalue weighted by Gasteiger charge is -2.10. The van der Waals surface area contributed by atoms with Crippen LogP contribution in [0.1, 0.15) is 9.67 Å². The van der Waals surface area contributed by atoms with E-state index in [1.807, 2.05) is 0 Å². The third kappa shape index (κ3) is 4.25. The molecule has 0 saturated carbocycles. The molecule has 2 heterocycles. The molecule has 0 unspecified atom stereocenters. The van der Waals surface area contributed by atoms with Crippen molar-refractivity contribution in [3.8, 4) is 16.3 Å². The third-order valence-corrected chi connectivity index (χ3v) is 4.63. The molecule has 1 amide bonds. The normalized spacial score (nSPS) is 10.5. The molecule has 0 spiro atoms. The highest BCUT2D eigenvalue weighted by molar-refractivity contribution is 7.17. The van der Waals surface area contributed by atoms with Gasteiger partial charge in [-0.1, -0.05) is 18.2 Å². The summed E-state index contributed by atoms with van der Waals surface area (Å²) in [6.07, 6.45) is 1.58. The highest BCUT2D eigenvalue weighted by atomic mass is 32.1. The van der Waals surface area contributed by atoms with Crippen molar-refractivity contribution in [2.75, 3.05) is 25.6 Å². The molecule has 0 saturated heterocycles. The molecular weight excluding hydrogens is 355 g/mol. The van der Waals surface area contributed by atoms with Crippen LogP contribution in [0, 0.1) is 5.82 Å². The van der Waals surface area contributed by atoms with Crippen LogP contribution >= 0.6 is 11.3 Å². The minimum absolute atomic E-state index is 0.304. The second-order valence-electron chi connectivity index (χ2n) is 5.30. The van der Waals surface area contributed by atoms with Crippen LogP contribution in [-0.4, -0.2) is 31.2 Å². The van der Waals surface area contributed by atoms with Gasteiger partial charge in [-0.3, -0.25) is 4.79 Å². The van der Waals surface area contributed by atoms with E-state index in [-0.39, 0.29) is 11.7 Å². The first-order chi connectivity index (χ1) is 12.7. The lowest BCUT2D eigenvalue weighted by Crippen LogP contribution is -2.13. The summed E-state index contributed by atoms with van der Waals surface area (Å²) in [4.78, 5) is 17.8. The van der Waals surface area contributed by atoms with E-state index in [0.29, 0.717) is 40.1 Å². The Kier molecular flexibility index (Phi) is 5.93. The highest BCUT2D eigenvalue weighted by Crippen LogP contribution is 2.31. The molecule has 3 rings (SSSR count). The molecule has 0 radical (unpaired) electrons.